The average Bonchev–Trinajstić information content (AvgIpc) is 3.19. The molecule has 1 atom stereocenters. The Labute approximate surface area is 163 Å². The zero-order valence-corrected chi connectivity index (χ0v) is 15.9. The van der Waals surface area contributed by atoms with Gasteiger partial charge in [0.25, 0.3) is 0 Å². The van der Waals surface area contributed by atoms with E-state index in [2.05, 4.69) is 20.6 Å². The molecular weight excluding hydrogens is 359 g/mol. The van der Waals surface area contributed by atoms with Crippen LogP contribution in [0.1, 0.15) is 74.5 Å². The molecular formula is C21H25FN4O2. The number of hydrogen-bond acceptors (Lipinski definition) is 3. The molecule has 0 saturated heterocycles. The first-order valence-corrected chi connectivity index (χ1v) is 9.91. The van der Waals surface area contributed by atoms with Crippen LogP contribution < -0.4 is 10.6 Å². The van der Waals surface area contributed by atoms with E-state index in [1.165, 1.54) is 31.4 Å². The number of allylic oxidation sites excluding steroid dienone is 1. The zero-order chi connectivity index (χ0) is 19.7. The van der Waals surface area contributed by atoms with Gasteiger partial charge in [-0.1, -0.05) is 32.3 Å². The van der Waals surface area contributed by atoms with Crippen molar-refractivity contribution in [2.45, 2.75) is 57.4 Å². The summed E-state index contributed by atoms with van der Waals surface area (Å²) in [4.78, 5) is 20.2. The summed E-state index contributed by atoms with van der Waals surface area (Å²) < 4.78 is 14.0. The van der Waals surface area contributed by atoms with Gasteiger partial charge in [0.2, 0.25) is 0 Å². The molecule has 28 heavy (non-hydrogen) atoms. The first-order chi connectivity index (χ1) is 13.6. The number of aromatic nitrogens is 2. The largest absolute Gasteiger partial charge is 0.505 e. The first kappa shape index (κ1) is 18.5. The Kier molecular flexibility index (Phi) is 5.07. The van der Waals surface area contributed by atoms with E-state index in [4.69, 9.17) is 0 Å². The first-order valence-electron chi connectivity index (χ1n) is 9.91. The van der Waals surface area contributed by atoms with Crippen molar-refractivity contribution in [2.75, 3.05) is 0 Å². The van der Waals surface area contributed by atoms with E-state index >= 15 is 0 Å². The minimum Gasteiger partial charge on any atom is -0.505 e. The topological polar surface area (TPSA) is 90.0 Å². The molecule has 1 saturated carbocycles. The van der Waals surface area contributed by atoms with Gasteiger partial charge in [-0.05, 0) is 37.0 Å². The van der Waals surface area contributed by atoms with Crippen molar-refractivity contribution in [1.82, 2.24) is 20.6 Å². The maximum atomic E-state index is 14.0. The molecule has 0 bridgehead atoms. The van der Waals surface area contributed by atoms with Crippen LogP contribution in [0.4, 0.5) is 9.18 Å². The van der Waals surface area contributed by atoms with Gasteiger partial charge in [0.05, 0.1) is 6.04 Å². The lowest BCUT2D eigenvalue weighted by molar-refractivity contribution is 0.239. The molecule has 148 valence electrons. The number of phenols is 1. The molecule has 2 heterocycles. The second-order valence-corrected chi connectivity index (χ2v) is 7.51. The molecule has 1 aromatic heterocycles. The number of nitrogens with zero attached hydrogens (tertiary/aromatic N) is 1. The van der Waals surface area contributed by atoms with Crippen molar-refractivity contribution in [3.05, 3.63) is 53.0 Å². The van der Waals surface area contributed by atoms with Crippen molar-refractivity contribution in [1.29, 1.82) is 0 Å². The molecule has 6 nitrogen and oxygen atoms in total. The highest BCUT2D eigenvalue weighted by molar-refractivity contribution is 5.87. The lowest BCUT2D eigenvalue weighted by atomic mass is 9.87. The summed E-state index contributed by atoms with van der Waals surface area (Å²) in [5.74, 6) is 0.0349. The number of carbonyl (C=O) groups excluding carboxylic acids is 1. The van der Waals surface area contributed by atoms with Crippen LogP contribution in [0.2, 0.25) is 0 Å². The Morgan fingerprint density at radius 2 is 2.04 bits per heavy atom. The number of nitrogens with one attached hydrogen (secondary N) is 3. The molecule has 2 amide bonds. The number of aromatic hydroxyl groups is 1. The second kappa shape index (κ2) is 7.66. The van der Waals surface area contributed by atoms with Crippen LogP contribution >= 0.6 is 0 Å². The molecule has 1 aliphatic carbocycles. The quantitative estimate of drug-likeness (QED) is 0.627. The van der Waals surface area contributed by atoms with Crippen LogP contribution in [0.15, 0.2) is 30.1 Å². The number of carbonyl (C=O) groups is 1. The average molecular weight is 384 g/mol. The van der Waals surface area contributed by atoms with E-state index in [9.17, 15) is 14.3 Å². The molecule has 0 radical (unpaired) electrons. The number of aromatic amines is 1. The standard InChI is InChI=1S/C21H25FN4O2/c1-2-15-18(20-23-11-16(24-20)12-6-4-3-5-7-12)19(26-21(28)25-15)13-8-9-17(27)14(22)10-13/h8-12,19,27H,2-7H2,1H3,(H,23,24)(H2,25,26,28). The number of urea groups is 1. The molecule has 4 rings (SSSR count). The smallest absolute Gasteiger partial charge is 0.319 e. The molecule has 4 N–H and O–H groups in total. The van der Waals surface area contributed by atoms with Crippen LogP contribution in [0.25, 0.3) is 5.57 Å². The number of benzene rings is 1. The lowest BCUT2D eigenvalue weighted by Crippen LogP contribution is -2.43. The SMILES string of the molecule is CCC1=C(c2ncc(C3CCCCC3)[nH]2)C(c2ccc(O)c(F)c2)NC(=O)N1. The zero-order valence-electron chi connectivity index (χ0n) is 15.9. The van der Waals surface area contributed by atoms with Gasteiger partial charge in [-0.3, -0.25) is 0 Å². The van der Waals surface area contributed by atoms with Gasteiger partial charge < -0.3 is 20.7 Å². The summed E-state index contributed by atoms with van der Waals surface area (Å²) in [7, 11) is 0. The molecule has 7 heteroatoms. The number of rotatable bonds is 4. The third-order valence-corrected chi connectivity index (χ3v) is 5.71. The van der Waals surface area contributed by atoms with E-state index in [1.807, 2.05) is 13.1 Å². The monoisotopic (exact) mass is 384 g/mol. The van der Waals surface area contributed by atoms with Gasteiger partial charge in [0.1, 0.15) is 5.82 Å². The molecule has 1 fully saturated rings. The number of amides is 2. The van der Waals surface area contributed by atoms with Crippen LogP contribution in [0.3, 0.4) is 0 Å². The van der Waals surface area contributed by atoms with Gasteiger partial charge in [0, 0.05) is 29.1 Å². The number of imidazole rings is 1. The minimum absolute atomic E-state index is 0.335. The summed E-state index contributed by atoms with van der Waals surface area (Å²) in [6, 6.07) is 3.29. The van der Waals surface area contributed by atoms with Crippen molar-refractivity contribution in [3.8, 4) is 5.75 Å². The number of hydrogen-bond donors (Lipinski definition) is 4. The van der Waals surface area contributed by atoms with Crippen LogP contribution in [0, 0.1) is 5.82 Å². The number of H-pyrrole nitrogens is 1. The Hall–Kier alpha value is -2.83. The lowest BCUT2D eigenvalue weighted by Gasteiger charge is -2.29. The third-order valence-electron chi connectivity index (χ3n) is 5.71. The molecule has 2 aromatic rings. The van der Waals surface area contributed by atoms with Gasteiger partial charge >= 0.3 is 6.03 Å². The van der Waals surface area contributed by atoms with E-state index < -0.39 is 17.6 Å². The van der Waals surface area contributed by atoms with Gasteiger partial charge in [-0.2, -0.15) is 0 Å². The third kappa shape index (κ3) is 3.48. The number of halogens is 1. The van der Waals surface area contributed by atoms with Crippen LogP contribution in [-0.2, 0) is 0 Å². The fraction of sp³-hybridized carbons (Fsp3) is 0.429. The second-order valence-electron chi connectivity index (χ2n) is 7.51. The Morgan fingerprint density at radius 1 is 1.25 bits per heavy atom. The van der Waals surface area contributed by atoms with Crippen molar-refractivity contribution >= 4 is 11.6 Å². The Morgan fingerprint density at radius 3 is 2.75 bits per heavy atom. The van der Waals surface area contributed by atoms with Crippen LogP contribution in [-0.4, -0.2) is 21.1 Å². The summed E-state index contributed by atoms with van der Waals surface area (Å²) >= 11 is 0. The predicted molar refractivity (Wildman–Crippen MR) is 104 cm³/mol. The number of phenolic OH excluding ortho intramolecular Hbond substituents is 1. The summed E-state index contributed by atoms with van der Waals surface area (Å²) in [5.41, 5.74) is 3.23. The normalized spacial score (nSPS) is 20.8. The Bertz CT molecular complexity index is 915. The van der Waals surface area contributed by atoms with Crippen molar-refractivity contribution < 1.29 is 14.3 Å². The Balaban J connectivity index is 1.74. The van der Waals surface area contributed by atoms with E-state index in [0.717, 1.165) is 29.8 Å². The molecule has 1 aliphatic heterocycles. The van der Waals surface area contributed by atoms with Crippen LogP contribution in [0.5, 0.6) is 5.75 Å². The fourth-order valence-electron chi connectivity index (χ4n) is 4.22. The summed E-state index contributed by atoms with van der Waals surface area (Å²) in [5, 5.41) is 15.2. The minimum atomic E-state index is -0.718. The maximum absolute atomic E-state index is 14.0. The van der Waals surface area contributed by atoms with E-state index in [-0.39, 0.29) is 6.03 Å². The molecule has 1 aromatic carbocycles. The highest BCUT2D eigenvalue weighted by Crippen LogP contribution is 2.37. The van der Waals surface area contributed by atoms with Crippen molar-refractivity contribution in [2.24, 2.45) is 0 Å². The van der Waals surface area contributed by atoms with Gasteiger partial charge in [0.15, 0.2) is 11.6 Å². The van der Waals surface area contributed by atoms with E-state index in [0.29, 0.717) is 23.7 Å². The van der Waals surface area contributed by atoms with Gasteiger partial charge in [-0.15, -0.1) is 0 Å². The summed E-state index contributed by atoms with van der Waals surface area (Å²) in [6.45, 7) is 1.96. The van der Waals surface area contributed by atoms with Crippen molar-refractivity contribution in [3.63, 3.8) is 0 Å². The highest BCUT2D eigenvalue weighted by atomic mass is 19.1. The highest BCUT2D eigenvalue weighted by Gasteiger charge is 2.31. The fourth-order valence-corrected chi connectivity index (χ4v) is 4.22. The molecule has 0 spiro atoms. The summed E-state index contributed by atoms with van der Waals surface area (Å²) in [6.07, 6.45) is 8.55. The van der Waals surface area contributed by atoms with Gasteiger partial charge in [-0.25, -0.2) is 14.2 Å². The van der Waals surface area contributed by atoms with E-state index in [1.54, 1.807) is 6.07 Å². The maximum Gasteiger partial charge on any atom is 0.319 e. The molecule has 2 aliphatic rings. The molecule has 1 unspecified atom stereocenters. The predicted octanol–water partition coefficient (Wildman–Crippen LogP) is 4.48.